The highest BCUT2D eigenvalue weighted by atomic mass is 32.1. The lowest BCUT2D eigenvalue weighted by Crippen LogP contribution is -2.08. The van der Waals surface area contributed by atoms with Crippen LogP contribution in [0.2, 0.25) is 0 Å². The Hall–Kier alpha value is -3.16. The highest BCUT2D eigenvalue weighted by molar-refractivity contribution is 7.15. The Morgan fingerprint density at radius 3 is 2.41 bits per heavy atom. The van der Waals surface area contributed by atoms with Crippen LogP contribution in [-0.2, 0) is 0 Å². The number of hydrogen-bond donors (Lipinski definition) is 2. The second kappa shape index (κ2) is 9.14. The molecule has 0 amide bonds. The van der Waals surface area contributed by atoms with Gasteiger partial charge < -0.3 is 19.9 Å². The summed E-state index contributed by atoms with van der Waals surface area (Å²) in [6.07, 6.45) is -0.519. The summed E-state index contributed by atoms with van der Waals surface area (Å²) >= 11 is 1.71. The number of benzene rings is 2. The molecule has 2 unspecified atom stereocenters. The van der Waals surface area contributed by atoms with Gasteiger partial charge in [0.1, 0.15) is 11.6 Å². The van der Waals surface area contributed by atoms with Gasteiger partial charge in [0.15, 0.2) is 11.5 Å². The van der Waals surface area contributed by atoms with Crippen LogP contribution in [0.15, 0.2) is 48.5 Å². The van der Waals surface area contributed by atoms with Crippen molar-refractivity contribution >= 4 is 28.1 Å². The van der Waals surface area contributed by atoms with E-state index in [2.05, 4.69) is 40.4 Å². The largest absolute Gasteiger partial charge is 0.493 e. The first kappa shape index (κ1) is 22.0. The smallest absolute Gasteiger partial charge is 0.162 e. The number of aromatic nitrogens is 2. The molecule has 2 heterocycles. The predicted molar refractivity (Wildman–Crippen MR) is 130 cm³/mol. The van der Waals surface area contributed by atoms with E-state index < -0.39 is 6.10 Å². The third-order valence-electron chi connectivity index (χ3n) is 5.40. The first-order valence-corrected chi connectivity index (χ1v) is 11.3. The summed E-state index contributed by atoms with van der Waals surface area (Å²) in [6.45, 7) is 5.78. The van der Waals surface area contributed by atoms with E-state index >= 15 is 0 Å². The average Bonchev–Trinajstić information content (AvgIpc) is 3.28. The molecule has 0 saturated carbocycles. The number of aliphatic hydroxyl groups excluding tert-OH is 1. The number of fused-ring (bicyclic) bond motifs is 1. The number of aliphatic hydroxyl groups is 1. The monoisotopic (exact) mass is 449 g/mol. The van der Waals surface area contributed by atoms with Crippen molar-refractivity contribution in [2.24, 2.45) is 0 Å². The molecule has 7 heteroatoms. The molecule has 166 valence electrons. The molecule has 2 aromatic carbocycles. The number of methoxy groups -OCH3 is 2. The summed E-state index contributed by atoms with van der Waals surface area (Å²) in [5.74, 6) is 2.70. The van der Waals surface area contributed by atoms with Crippen molar-refractivity contribution < 1.29 is 14.6 Å². The summed E-state index contributed by atoms with van der Waals surface area (Å²) in [4.78, 5) is 11.5. The number of hydrogen-bond acceptors (Lipinski definition) is 7. The molecule has 0 fully saturated rings. The van der Waals surface area contributed by atoms with Gasteiger partial charge in [-0.1, -0.05) is 24.3 Å². The second-order valence-corrected chi connectivity index (χ2v) is 8.79. The molecule has 0 spiro atoms. The Balaban J connectivity index is 1.67. The van der Waals surface area contributed by atoms with E-state index in [1.165, 1.54) is 4.88 Å². The molecule has 0 aliphatic heterocycles. The second-order valence-electron chi connectivity index (χ2n) is 7.68. The molecule has 0 aliphatic carbocycles. The van der Waals surface area contributed by atoms with Crippen LogP contribution >= 0.6 is 11.3 Å². The van der Waals surface area contributed by atoms with Crippen molar-refractivity contribution in [3.05, 3.63) is 64.8 Å². The molecular weight excluding hydrogens is 422 g/mol. The van der Waals surface area contributed by atoms with Gasteiger partial charge in [0.05, 0.1) is 31.9 Å². The van der Waals surface area contributed by atoms with Crippen molar-refractivity contribution in [2.75, 3.05) is 19.5 Å². The molecule has 0 saturated heterocycles. The van der Waals surface area contributed by atoms with E-state index in [1.54, 1.807) is 32.5 Å². The Labute approximate surface area is 191 Å². The third-order valence-corrected chi connectivity index (χ3v) is 6.70. The van der Waals surface area contributed by atoms with Crippen molar-refractivity contribution in [1.82, 2.24) is 9.97 Å². The average molecular weight is 450 g/mol. The van der Waals surface area contributed by atoms with Crippen LogP contribution in [0.1, 0.15) is 42.3 Å². The first-order chi connectivity index (χ1) is 15.4. The molecule has 0 radical (unpaired) electrons. The van der Waals surface area contributed by atoms with Crippen LogP contribution in [-0.4, -0.2) is 29.3 Å². The number of nitrogens with zero attached hydrogens (tertiary/aromatic N) is 2. The van der Waals surface area contributed by atoms with Gasteiger partial charge in [-0.05, 0) is 50.1 Å². The number of nitrogens with one attached hydrogen (secondary N) is 1. The molecule has 32 heavy (non-hydrogen) atoms. The summed E-state index contributed by atoms with van der Waals surface area (Å²) in [5.41, 5.74) is 2.79. The maximum Gasteiger partial charge on any atom is 0.162 e. The summed E-state index contributed by atoms with van der Waals surface area (Å²) in [6, 6.07) is 16.0. The van der Waals surface area contributed by atoms with E-state index in [9.17, 15) is 5.11 Å². The van der Waals surface area contributed by atoms with E-state index in [-0.39, 0.29) is 6.04 Å². The van der Waals surface area contributed by atoms with Crippen LogP contribution in [0.3, 0.4) is 0 Å². The van der Waals surface area contributed by atoms with E-state index in [4.69, 9.17) is 9.47 Å². The van der Waals surface area contributed by atoms with Gasteiger partial charge in [-0.15, -0.1) is 11.3 Å². The fourth-order valence-corrected chi connectivity index (χ4v) is 4.83. The minimum atomic E-state index is -0.519. The number of thiophene rings is 1. The Bertz CT molecular complexity index is 1250. The normalized spacial score (nSPS) is 13.1. The molecule has 0 aliphatic rings. The van der Waals surface area contributed by atoms with Crippen LogP contribution < -0.4 is 14.8 Å². The zero-order valence-electron chi connectivity index (χ0n) is 18.8. The van der Waals surface area contributed by atoms with Gasteiger partial charge in [0.2, 0.25) is 0 Å². The molecule has 6 nitrogen and oxygen atoms in total. The van der Waals surface area contributed by atoms with Crippen molar-refractivity contribution in [3.63, 3.8) is 0 Å². The summed E-state index contributed by atoms with van der Waals surface area (Å²) in [5, 5.41) is 14.6. The van der Waals surface area contributed by atoms with Gasteiger partial charge in [0.25, 0.3) is 0 Å². The molecular formula is C25H27N3O3S. The van der Waals surface area contributed by atoms with Gasteiger partial charge >= 0.3 is 0 Å². The van der Waals surface area contributed by atoms with Crippen LogP contribution in [0.25, 0.3) is 21.3 Å². The van der Waals surface area contributed by atoms with Crippen LogP contribution in [0, 0.1) is 6.92 Å². The van der Waals surface area contributed by atoms with E-state index in [0.717, 1.165) is 32.7 Å². The lowest BCUT2D eigenvalue weighted by Gasteiger charge is -2.17. The maximum absolute atomic E-state index is 10.1. The Morgan fingerprint density at radius 2 is 1.69 bits per heavy atom. The summed E-state index contributed by atoms with van der Waals surface area (Å²) < 4.78 is 10.9. The fourth-order valence-electron chi connectivity index (χ4n) is 3.77. The van der Waals surface area contributed by atoms with Crippen molar-refractivity contribution in [3.8, 4) is 21.9 Å². The number of anilines is 1. The van der Waals surface area contributed by atoms with Crippen LogP contribution in [0.4, 0.5) is 5.82 Å². The number of rotatable bonds is 7. The van der Waals surface area contributed by atoms with Gasteiger partial charge in [0, 0.05) is 21.2 Å². The number of ether oxygens (including phenoxy) is 2. The predicted octanol–water partition coefficient (Wildman–Crippen LogP) is 5.91. The minimum Gasteiger partial charge on any atom is -0.493 e. The third kappa shape index (κ3) is 4.26. The van der Waals surface area contributed by atoms with E-state index in [1.807, 2.05) is 37.3 Å². The lowest BCUT2D eigenvalue weighted by atomic mass is 10.0. The lowest BCUT2D eigenvalue weighted by molar-refractivity contribution is 0.200. The highest BCUT2D eigenvalue weighted by Gasteiger charge is 2.17. The quantitative estimate of drug-likeness (QED) is 0.365. The van der Waals surface area contributed by atoms with Gasteiger partial charge in [-0.2, -0.15) is 0 Å². The Morgan fingerprint density at radius 1 is 0.969 bits per heavy atom. The van der Waals surface area contributed by atoms with Crippen LogP contribution in [0.5, 0.6) is 11.5 Å². The van der Waals surface area contributed by atoms with Gasteiger partial charge in [-0.25, -0.2) is 9.97 Å². The Kier molecular flexibility index (Phi) is 6.30. The van der Waals surface area contributed by atoms with Gasteiger partial charge in [-0.3, -0.25) is 0 Å². The summed E-state index contributed by atoms with van der Waals surface area (Å²) in [7, 11) is 3.23. The molecule has 2 atom stereocenters. The standard InChI is InChI=1S/C25H27N3O3S/c1-14(23-10-11-24(32-23)18-9-7-6-8-17(18)15(2)29)26-25-19-12-21(30-4)22(31-5)13-20(19)27-16(3)28-25/h6-15,29H,1-5H3,(H,26,27,28). The van der Waals surface area contributed by atoms with Crippen molar-refractivity contribution in [1.29, 1.82) is 0 Å². The molecule has 2 aromatic heterocycles. The zero-order valence-corrected chi connectivity index (χ0v) is 19.7. The topological polar surface area (TPSA) is 76.5 Å². The first-order valence-electron chi connectivity index (χ1n) is 10.4. The molecule has 4 aromatic rings. The zero-order chi connectivity index (χ0) is 22.8. The molecule has 0 bridgehead atoms. The fraction of sp³-hybridized carbons (Fsp3) is 0.280. The SMILES string of the molecule is COc1cc2nc(C)nc(NC(C)c3ccc(-c4ccccc4C(C)O)s3)c2cc1OC. The highest BCUT2D eigenvalue weighted by Crippen LogP contribution is 2.38. The molecule has 2 N–H and O–H groups in total. The maximum atomic E-state index is 10.1. The molecule has 4 rings (SSSR count). The number of aryl methyl sites for hydroxylation is 1. The minimum absolute atomic E-state index is 0.0260. The van der Waals surface area contributed by atoms with E-state index in [0.29, 0.717) is 17.3 Å². The van der Waals surface area contributed by atoms with Crippen molar-refractivity contribution in [2.45, 2.75) is 32.9 Å².